The zero-order valence-electron chi connectivity index (χ0n) is 17.5. The van der Waals surface area contributed by atoms with E-state index in [0.29, 0.717) is 49.3 Å². The van der Waals surface area contributed by atoms with Gasteiger partial charge >= 0.3 is 6.03 Å². The number of para-hydroxylation sites is 2. The number of carbonyl (C=O) groups is 1. The Hall–Kier alpha value is -2.61. The lowest BCUT2D eigenvalue weighted by Gasteiger charge is -2.33. The molecule has 0 bridgehead atoms. The summed E-state index contributed by atoms with van der Waals surface area (Å²) in [5.41, 5.74) is 0.660. The van der Waals surface area contributed by atoms with Crippen LogP contribution in [0, 0.1) is 5.92 Å². The van der Waals surface area contributed by atoms with Gasteiger partial charge in [-0.1, -0.05) is 17.3 Å². The average molecular weight is 415 g/mol. The number of carbonyl (C=O) groups excluding carboxylic acids is 1. The molecule has 2 aliphatic rings. The molecule has 30 heavy (non-hydrogen) atoms. The van der Waals surface area contributed by atoms with Gasteiger partial charge in [0.1, 0.15) is 11.8 Å². The number of hydrogen-bond acceptors (Lipinski definition) is 6. The third-order valence-electron chi connectivity index (χ3n) is 5.48. The van der Waals surface area contributed by atoms with Gasteiger partial charge in [-0.3, -0.25) is 0 Å². The minimum absolute atomic E-state index is 0.181. The first-order valence-electron chi connectivity index (χ1n) is 10.9. The summed E-state index contributed by atoms with van der Waals surface area (Å²) in [6, 6.07) is 7.06. The molecule has 0 spiro atoms. The summed E-state index contributed by atoms with van der Waals surface area (Å²) in [4.78, 5) is 19.4. The van der Waals surface area contributed by atoms with Crippen molar-refractivity contribution in [2.45, 2.75) is 51.5 Å². The van der Waals surface area contributed by atoms with Gasteiger partial charge < -0.3 is 24.2 Å². The second-order valence-corrected chi connectivity index (χ2v) is 7.88. The molecule has 2 aromatic rings. The second kappa shape index (κ2) is 9.93. The maximum absolute atomic E-state index is 13.0. The van der Waals surface area contributed by atoms with Gasteiger partial charge in [0.05, 0.1) is 18.9 Å². The van der Waals surface area contributed by atoms with Gasteiger partial charge in [0, 0.05) is 19.6 Å². The lowest BCUT2D eigenvalue weighted by molar-refractivity contribution is 0.125. The van der Waals surface area contributed by atoms with Crippen molar-refractivity contribution < 1.29 is 18.8 Å². The van der Waals surface area contributed by atoms with E-state index in [0.717, 1.165) is 31.8 Å². The number of amides is 2. The number of ether oxygens (including phenoxy) is 2. The fourth-order valence-electron chi connectivity index (χ4n) is 3.67. The van der Waals surface area contributed by atoms with E-state index < -0.39 is 0 Å². The van der Waals surface area contributed by atoms with Crippen LogP contribution in [0.25, 0.3) is 0 Å². The van der Waals surface area contributed by atoms with Crippen molar-refractivity contribution in [3.8, 4) is 5.75 Å². The summed E-state index contributed by atoms with van der Waals surface area (Å²) in [5, 5.41) is 7.08. The van der Waals surface area contributed by atoms with E-state index in [1.807, 2.05) is 31.2 Å². The van der Waals surface area contributed by atoms with E-state index in [4.69, 9.17) is 14.0 Å². The van der Waals surface area contributed by atoms with Crippen LogP contribution in [-0.4, -0.2) is 47.4 Å². The Labute approximate surface area is 176 Å². The SMILES string of the molecule is CCOc1ccccc1NC(=O)N1CCCCC1c1nc(CCOCC2CC2)no1. The van der Waals surface area contributed by atoms with Crippen molar-refractivity contribution in [3.63, 3.8) is 0 Å². The van der Waals surface area contributed by atoms with Gasteiger partial charge in [0.25, 0.3) is 0 Å². The molecule has 1 unspecified atom stereocenters. The highest BCUT2D eigenvalue weighted by Crippen LogP contribution is 2.32. The molecule has 1 aromatic carbocycles. The minimum atomic E-state index is -0.216. The molecule has 1 aromatic heterocycles. The molecule has 2 heterocycles. The van der Waals surface area contributed by atoms with Crippen molar-refractivity contribution in [1.82, 2.24) is 15.0 Å². The Morgan fingerprint density at radius 2 is 2.13 bits per heavy atom. The van der Waals surface area contributed by atoms with E-state index in [-0.39, 0.29) is 12.1 Å². The van der Waals surface area contributed by atoms with Gasteiger partial charge in [0.15, 0.2) is 5.82 Å². The standard InChI is InChI=1S/C22H30N4O4/c1-2-29-19-9-4-3-7-17(19)23-22(27)26-13-6-5-8-18(26)21-24-20(25-30-21)12-14-28-15-16-10-11-16/h3-4,7,9,16,18H,2,5-6,8,10-15H2,1H3,(H,23,27). The normalized spacial score (nSPS) is 19.0. The molecule has 4 rings (SSSR count). The summed E-state index contributed by atoms with van der Waals surface area (Å²) in [6.45, 7) is 4.52. The molecular weight excluding hydrogens is 384 g/mol. The maximum atomic E-state index is 13.0. The van der Waals surface area contributed by atoms with Gasteiger partial charge in [-0.05, 0) is 57.1 Å². The molecule has 1 saturated carbocycles. The lowest BCUT2D eigenvalue weighted by atomic mass is 10.0. The number of anilines is 1. The van der Waals surface area contributed by atoms with Crippen LogP contribution in [0.15, 0.2) is 28.8 Å². The number of hydrogen-bond donors (Lipinski definition) is 1. The van der Waals surface area contributed by atoms with Crippen LogP contribution in [0.1, 0.15) is 56.8 Å². The Morgan fingerprint density at radius 3 is 2.97 bits per heavy atom. The molecule has 1 atom stereocenters. The number of aromatic nitrogens is 2. The molecule has 8 heteroatoms. The van der Waals surface area contributed by atoms with Crippen LogP contribution in [0.5, 0.6) is 5.75 Å². The van der Waals surface area contributed by atoms with E-state index in [2.05, 4.69) is 15.5 Å². The summed E-state index contributed by atoms with van der Waals surface area (Å²) in [6.07, 6.45) is 5.96. The summed E-state index contributed by atoms with van der Waals surface area (Å²) < 4.78 is 16.8. The fourth-order valence-corrected chi connectivity index (χ4v) is 3.67. The molecule has 0 radical (unpaired) electrons. The molecule has 1 N–H and O–H groups in total. The predicted octanol–water partition coefficient (Wildman–Crippen LogP) is 4.20. The maximum Gasteiger partial charge on any atom is 0.322 e. The molecule has 8 nitrogen and oxygen atoms in total. The third-order valence-corrected chi connectivity index (χ3v) is 5.48. The van der Waals surface area contributed by atoms with Crippen LogP contribution < -0.4 is 10.1 Å². The topological polar surface area (TPSA) is 89.7 Å². The third kappa shape index (κ3) is 5.30. The Bertz CT molecular complexity index is 836. The monoisotopic (exact) mass is 414 g/mol. The Morgan fingerprint density at radius 1 is 1.27 bits per heavy atom. The molecule has 1 aliphatic carbocycles. The number of likely N-dealkylation sites (tertiary alicyclic amines) is 1. The van der Waals surface area contributed by atoms with Crippen molar-refractivity contribution in [2.75, 3.05) is 31.7 Å². The smallest absolute Gasteiger partial charge is 0.322 e. The molecule has 1 saturated heterocycles. The molecule has 1 aliphatic heterocycles. The molecular formula is C22H30N4O4. The number of nitrogens with one attached hydrogen (secondary N) is 1. The summed E-state index contributed by atoms with van der Waals surface area (Å²) >= 11 is 0. The summed E-state index contributed by atoms with van der Waals surface area (Å²) in [5.74, 6) is 2.54. The fraction of sp³-hybridized carbons (Fsp3) is 0.591. The van der Waals surface area contributed by atoms with Gasteiger partial charge in [-0.25, -0.2) is 4.79 Å². The number of piperidine rings is 1. The van der Waals surface area contributed by atoms with Crippen molar-refractivity contribution >= 4 is 11.7 Å². The minimum Gasteiger partial charge on any atom is -0.492 e. The van der Waals surface area contributed by atoms with Crippen LogP contribution in [0.3, 0.4) is 0 Å². The highest BCUT2D eigenvalue weighted by atomic mass is 16.5. The van der Waals surface area contributed by atoms with Crippen molar-refractivity contribution in [3.05, 3.63) is 36.0 Å². The quantitative estimate of drug-likeness (QED) is 0.619. The van der Waals surface area contributed by atoms with E-state index in [1.165, 1.54) is 12.8 Å². The number of rotatable bonds is 9. The number of urea groups is 1. The molecule has 162 valence electrons. The highest BCUT2D eigenvalue weighted by molar-refractivity contribution is 5.91. The van der Waals surface area contributed by atoms with Crippen LogP contribution in [0.4, 0.5) is 10.5 Å². The zero-order chi connectivity index (χ0) is 20.8. The first-order chi connectivity index (χ1) is 14.7. The first kappa shape index (κ1) is 20.7. The van der Waals surface area contributed by atoms with Crippen LogP contribution in [-0.2, 0) is 11.2 Å². The molecule has 2 amide bonds. The lowest BCUT2D eigenvalue weighted by Crippen LogP contribution is -2.41. The Kier molecular flexibility index (Phi) is 6.84. The number of benzene rings is 1. The predicted molar refractivity (Wildman–Crippen MR) is 111 cm³/mol. The van der Waals surface area contributed by atoms with E-state index in [1.54, 1.807) is 4.90 Å². The second-order valence-electron chi connectivity index (χ2n) is 7.88. The van der Waals surface area contributed by atoms with Gasteiger partial charge in [-0.2, -0.15) is 4.98 Å². The largest absolute Gasteiger partial charge is 0.492 e. The van der Waals surface area contributed by atoms with Gasteiger partial charge in [0.2, 0.25) is 5.89 Å². The average Bonchev–Trinajstić information content (AvgIpc) is 3.48. The van der Waals surface area contributed by atoms with E-state index >= 15 is 0 Å². The first-order valence-corrected chi connectivity index (χ1v) is 10.9. The highest BCUT2D eigenvalue weighted by Gasteiger charge is 2.32. The van der Waals surface area contributed by atoms with Crippen molar-refractivity contribution in [2.24, 2.45) is 5.92 Å². The van der Waals surface area contributed by atoms with E-state index in [9.17, 15) is 4.79 Å². The molecule has 2 fully saturated rings. The van der Waals surface area contributed by atoms with Crippen LogP contribution >= 0.6 is 0 Å². The van der Waals surface area contributed by atoms with Crippen molar-refractivity contribution in [1.29, 1.82) is 0 Å². The number of nitrogens with zero attached hydrogens (tertiary/aromatic N) is 3. The van der Waals surface area contributed by atoms with Gasteiger partial charge in [-0.15, -0.1) is 0 Å². The van der Waals surface area contributed by atoms with Crippen LogP contribution in [0.2, 0.25) is 0 Å². The summed E-state index contributed by atoms with van der Waals surface area (Å²) in [7, 11) is 0. The zero-order valence-corrected chi connectivity index (χ0v) is 17.5. The Balaban J connectivity index is 1.38.